The molecule has 21 heavy (non-hydrogen) atoms. The van der Waals surface area contributed by atoms with Gasteiger partial charge in [-0.2, -0.15) is 0 Å². The Morgan fingerprint density at radius 2 is 1.52 bits per heavy atom. The molecule has 0 amide bonds. The van der Waals surface area contributed by atoms with Crippen molar-refractivity contribution in [2.24, 2.45) is 5.11 Å². The third-order valence-electron chi connectivity index (χ3n) is 3.43. The van der Waals surface area contributed by atoms with Crippen LogP contribution in [0.3, 0.4) is 0 Å². The molecule has 5 nitrogen and oxygen atoms in total. The van der Waals surface area contributed by atoms with Gasteiger partial charge in [0, 0.05) is 10.5 Å². The molecule has 0 spiro atoms. The average Bonchev–Trinajstić information content (AvgIpc) is 2.99. The summed E-state index contributed by atoms with van der Waals surface area (Å²) < 4.78 is 12.0. The van der Waals surface area contributed by atoms with Crippen molar-refractivity contribution < 1.29 is 9.47 Å². The van der Waals surface area contributed by atoms with E-state index in [0.29, 0.717) is 0 Å². The largest absolute Gasteiger partial charge is 0.342 e. The molecule has 2 aromatic rings. The van der Waals surface area contributed by atoms with Gasteiger partial charge in [-0.3, -0.25) is 0 Å². The lowest BCUT2D eigenvalue weighted by Gasteiger charge is -2.14. The average molecular weight is 281 g/mol. The van der Waals surface area contributed by atoms with Crippen LogP contribution >= 0.6 is 0 Å². The van der Waals surface area contributed by atoms with Crippen molar-refractivity contribution in [1.29, 1.82) is 0 Å². The number of ether oxygens (including phenoxy) is 2. The molecule has 0 saturated carbocycles. The fraction of sp³-hybridized carbons (Fsp3) is 0.250. The van der Waals surface area contributed by atoms with E-state index in [1.54, 1.807) is 0 Å². The lowest BCUT2D eigenvalue weighted by atomic mass is 10.1. The first-order valence-electron chi connectivity index (χ1n) is 6.80. The third-order valence-corrected chi connectivity index (χ3v) is 3.43. The molecule has 1 aliphatic heterocycles. The van der Waals surface area contributed by atoms with E-state index in [-0.39, 0.29) is 18.8 Å². The Morgan fingerprint density at radius 1 is 0.905 bits per heavy atom. The fourth-order valence-electron chi connectivity index (χ4n) is 2.44. The molecule has 0 radical (unpaired) electrons. The van der Waals surface area contributed by atoms with Crippen LogP contribution in [-0.2, 0) is 9.47 Å². The summed E-state index contributed by atoms with van der Waals surface area (Å²) in [5.41, 5.74) is 10.5. The molecule has 0 bridgehead atoms. The maximum atomic E-state index is 8.53. The maximum Gasteiger partial charge on any atom is 0.185 e. The standard InChI is InChI=1S/C16H15N3O2/c17-19-18-11-14-15(12-7-3-1-4-8-12)21-16(20-14)13-9-5-2-6-10-13/h1-10,14-16H,11H2/t14-,15-,16?/m1/s1. The molecule has 1 saturated heterocycles. The number of azide groups is 1. The third kappa shape index (κ3) is 3.06. The first-order chi connectivity index (χ1) is 10.4. The van der Waals surface area contributed by atoms with Gasteiger partial charge >= 0.3 is 0 Å². The Bertz CT molecular complexity index is 626. The van der Waals surface area contributed by atoms with Crippen LogP contribution in [0.15, 0.2) is 65.8 Å². The minimum atomic E-state index is -0.435. The van der Waals surface area contributed by atoms with Crippen LogP contribution in [-0.4, -0.2) is 12.6 Å². The van der Waals surface area contributed by atoms with Crippen molar-refractivity contribution in [3.8, 4) is 0 Å². The highest BCUT2D eigenvalue weighted by atomic mass is 16.7. The summed E-state index contributed by atoms with van der Waals surface area (Å²) in [7, 11) is 0. The number of hydrogen-bond donors (Lipinski definition) is 0. The summed E-state index contributed by atoms with van der Waals surface area (Å²) >= 11 is 0. The summed E-state index contributed by atoms with van der Waals surface area (Å²) in [6.45, 7) is 0.249. The predicted molar refractivity (Wildman–Crippen MR) is 78.3 cm³/mol. The van der Waals surface area contributed by atoms with E-state index in [9.17, 15) is 0 Å². The molecule has 5 heteroatoms. The van der Waals surface area contributed by atoms with E-state index >= 15 is 0 Å². The maximum absolute atomic E-state index is 8.53. The van der Waals surface area contributed by atoms with Crippen molar-refractivity contribution in [1.82, 2.24) is 0 Å². The number of rotatable bonds is 4. The molecular formula is C16H15N3O2. The highest BCUT2D eigenvalue weighted by Gasteiger charge is 2.37. The van der Waals surface area contributed by atoms with E-state index in [1.807, 2.05) is 60.7 Å². The van der Waals surface area contributed by atoms with Crippen LogP contribution in [0.2, 0.25) is 0 Å². The second-order valence-corrected chi connectivity index (χ2v) is 4.80. The van der Waals surface area contributed by atoms with Crippen LogP contribution < -0.4 is 0 Å². The van der Waals surface area contributed by atoms with Gasteiger partial charge in [0.25, 0.3) is 0 Å². The zero-order chi connectivity index (χ0) is 14.5. The van der Waals surface area contributed by atoms with E-state index in [2.05, 4.69) is 10.0 Å². The Kier molecular flexibility index (Phi) is 4.17. The topological polar surface area (TPSA) is 67.2 Å². The molecule has 1 fully saturated rings. The van der Waals surface area contributed by atoms with E-state index in [4.69, 9.17) is 15.0 Å². The lowest BCUT2D eigenvalue weighted by molar-refractivity contribution is -0.0684. The van der Waals surface area contributed by atoms with Crippen molar-refractivity contribution in [3.63, 3.8) is 0 Å². The van der Waals surface area contributed by atoms with Crippen molar-refractivity contribution >= 4 is 0 Å². The molecule has 0 aromatic heterocycles. The molecule has 1 aliphatic rings. The Balaban J connectivity index is 1.85. The molecular weight excluding hydrogens is 266 g/mol. The van der Waals surface area contributed by atoms with E-state index < -0.39 is 6.29 Å². The van der Waals surface area contributed by atoms with Gasteiger partial charge in [-0.25, -0.2) is 0 Å². The van der Waals surface area contributed by atoms with Gasteiger partial charge in [-0.1, -0.05) is 65.8 Å². The van der Waals surface area contributed by atoms with Crippen LogP contribution in [0.1, 0.15) is 23.5 Å². The molecule has 2 aromatic carbocycles. The second-order valence-electron chi connectivity index (χ2n) is 4.80. The zero-order valence-electron chi connectivity index (χ0n) is 11.4. The molecule has 106 valence electrons. The molecule has 3 atom stereocenters. The van der Waals surface area contributed by atoms with Crippen LogP contribution in [0.4, 0.5) is 0 Å². The molecule has 3 rings (SSSR count). The lowest BCUT2D eigenvalue weighted by Crippen LogP contribution is -2.18. The number of benzene rings is 2. The van der Waals surface area contributed by atoms with Crippen molar-refractivity contribution in [2.45, 2.75) is 18.5 Å². The van der Waals surface area contributed by atoms with Crippen LogP contribution in [0.25, 0.3) is 10.4 Å². The smallest absolute Gasteiger partial charge is 0.185 e. The highest BCUT2D eigenvalue weighted by molar-refractivity contribution is 5.22. The summed E-state index contributed by atoms with van der Waals surface area (Å²) in [5, 5.41) is 3.63. The fourth-order valence-corrected chi connectivity index (χ4v) is 2.44. The summed E-state index contributed by atoms with van der Waals surface area (Å²) in [6.07, 6.45) is -0.953. The summed E-state index contributed by atoms with van der Waals surface area (Å²) in [4.78, 5) is 2.81. The van der Waals surface area contributed by atoms with Crippen molar-refractivity contribution in [2.75, 3.05) is 6.54 Å². The molecule has 1 unspecified atom stereocenters. The van der Waals surface area contributed by atoms with Gasteiger partial charge in [0.05, 0.1) is 12.6 Å². The summed E-state index contributed by atoms with van der Waals surface area (Å²) in [6, 6.07) is 19.6. The summed E-state index contributed by atoms with van der Waals surface area (Å²) in [5.74, 6) is 0. The Morgan fingerprint density at radius 3 is 2.14 bits per heavy atom. The van der Waals surface area contributed by atoms with Gasteiger partial charge < -0.3 is 9.47 Å². The van der Waals surface area contributed by atoms with Crippen LogP contribution in [0, 0.1) is 0 Å². The molecule has 0 N–H and O–H groups in total. The van der Waals surface area contributed by atoms with Crippen LogP contribution in [0.5, 0.6) is 0 Å². The zero-order valence-corrected chi connectivity index (χ0v) is 11.4. The first kappa shape index (κ1) is 13.6. The number of nitrogens with zero attached hydrogens (tertiary/aromatic N) is 3. The van der Waals surface area contributed by atoms with E-state index in [1.165, 1.54) is 0 Å². The quantitative estimate of drug-likeness (QED) is 0.480. The van der Waals surface area contributed by atoms with Gasteiger partial charge in [0.1, 0.15) is 6.10 Å². The van der Waals surface area contributed by atoms with Gasteiger partial charge in [0.2, 0.25) is 0 Å². The molecule has 1 heterocycles. The number of hydrogen-bond acceptors (Lipinski definition) is 3. The minimum absolute atomic E-state index is 0.234. The second kappa shape index (κ2) is 6.41. The highest BCUT2D eigenvalue weighted by Crippen LogP contribution is 2.39. The van der Waals surface area contributed by atoms with E-state index in [0.717, 1.165) is 11.1 Å². The van der Waals surface area contributed by atoms with Gasteiger partial charge in [-0.15, -0.1) is 0 Å². The predicted octanol–water partition coefficient (Wildman–Crippen LogP) is 4.15. The normalized spacial score (nSPS) is 24.5. The van der Waals surface area contributed by atoms with Gasteiger partial charge in [-0.05, 0) is 11.1 Å². The minimum Gasteiger partial charge on any atom is -0.342 e. The van der Waals surface area contributed by atoms with Crippen molar-refractivity contribution in [3.05, 3.63) is 82.2 Å². The van der Waals surface area contributed by atoms with Gasteiger partial charge in [0.15, 0.2) is 6.29 Å². The Hall–Kier alpha value is -2.33. The Labute approximate surface area is 122 Å². The first-order valence-corrected chi connectivity index (χ1v) is 6.80. The SMILES string of the molecule is [N-]=[N+]=NC[C@H]1OC(c2ccccc2)O[C@@H]1c1ccccc1. The molecule has 0 aliphatic carbocycles. The monoisotopic (exact) mass is 281 g/mol.